The normalized spacial score (nSPS) is 15.3. The molecule has 0 saturated carbocycles. The number of ether oxygens (including phenoxy) is 1. The van der Waals surface area contributed by atoms with Gasteiger partial charge in [-0.3, -0.25) is 20.2 Å². The highest BCUT2D eigenvalue weighted by molar-refractivity contribution is 5.57. The summed E-state index contributed by atoms with van der Waals surface area (Å²) >= 11 is 0. The van der Waals surface area contributed by atoms with E-state index in [1.807, 2.05) is 30.3 Å². The van der Waals surface area contributed by atoms with E-state index in [-0.39, 0.29) is 28.7 Å². The Morgan fingerprint density at radius 1 is 1.03 bits per heavy atom. The van der Waals surface area contributed by atoms with Crippen molar-refractivity contribution in [3.05, 3.63) is 103 Å². The van der Waals surface area contributed by atoms with Gasteiger partial charge in [0.15, 0.2) is 0 Å². The van der Waals surface area contributed by atoms with E-state index in [9.17, 15) is 20.2 Å². The number of nitrogens with zero attached hydrogens (tertiary/aromatic N) is 4. The number of hydrogen-bond donors (Lipinski definition) is 1. The molecule has 1 atom stereocenters. The Morgan fingerprint density at radius 2 is 1.70 bits per heavy atom. The molecule has 0 fully saturated rings. The SMILES string of the molecule is CNC1=C([N+](=O)[O-])C(c2ccccc2[N+](=O)[O-])c2c(C)nn(-c3ccccc3)c2O1. The van der Waals surface area contributed by atoms with Gasteiger partial charge in [-0.05, 0) is 19.1 Å². The van der Waals surface area contributed by atoms with Gasteiger partial charge in [-0.25, -0.2) is 4.68 Å². The maximum Gasteiger partial charge on any atom is 0.317 e. The molecule has 30 heavy (non-hydrogen) atoms. The van der Waals surface area contributed by atoms with Crippen LogP contribution in [-0.2, 0) is 0 Å². The highest BCUT2D eigenvalue weighted by atomic mass is 16.6. The summed E-state index contributed by atoms with van der Waals surface area (Å²) < 4.78 is 7.41. The summed E-state index contributed by atoms with van der Waals surface area (Å²) in [5.74, 6) is -0.852. The second-order valence-electron chi connectivity index (χ2n) is 6.62. The van der Waals surface area contributed by atoms with Crippen LogP contribution in [-0.4, -0.2) is 26.7 Å². The van der Waals surface area contributed by atoms with Gasteiger partial charge < -0.3 is 10.1 Å². The van der Waals surface area contributed by atoms with Gasteiger partial charge >= 0.3 is 5.70 Å². The maximum atomic E-state index is 12.0. The largest absolute Gasteiger partial charge is 0.416 e. The molecule has 3 aromatic rings. The third-order valence-electron chi connectivity index (χ3n) is 4.93. The van der Waals surface area contributed by atoms with Crippen molar-refractivity contribution in [1.29, 1.82) is 0 Å². The zero-order chi connectivity index (χ0) is 21.4. The summed E-state index contributed by atoms with van der Waals surface area (Å²) in [5, 5.41) is 30.9. The van der Waals surface area contributed by atoms with E-state index in [0.29, 0.717) is 16.9 Å². The lowest BCUT2D eigenvalue weighted by molar-refractivity contribution is -0.433. The zero-order valence-corrected chi connectivity index (χ0v) is 16.1. The maximum absolute atomic E-state index is 12.0. The molecule has 0 spiro atoms. The van der Waals surface area contributed by atoms with Gasteiger partial charge in [0.1, 0.15) is 5.92 Å². The molecule has 1 aliphatic rings. The molecule has 1 aromatic heterocycles. The number of fused-ring (bicyclic) bond motifs is 1. The van der Waals surface area contributed by atoms with Crippen molar-refractivity contribution in [1.82, 2.24) is 15.1 Å². The van der Waals surface area contributed by atoms with E-state index in [4.69, 9.17) is 4.74 Å². The Hall–Kier alpha value is -4.21. The highest BCUT2D eigenvalue weighted by Crippen LogP contribution is 2.47. The molecule has 0 bridgehead atoms. The lowest BCUT2D eigenvalue weighted by atomic mass is 9.86. The van der Waals surface area contributed by atoms with Crippen LogP contribution in [0.2, 0.25) is 0 Å². The van der Waals surface area contributed by atoms with Gasteiger partial charge in [-0.2, -0.15) is 5.10 Å². The first-order chi connectivity index (χ1) is 14.4. The number of para-hydroxylation sites is 2. The summed E-state index contributed by atoms with van der Waals surface area (Å²) in [6, 6.07) is 15.2. The molecule has 10 nitrogen and oxygen atoms in total. The second-order valence-corrected chi connectivity index (χ2v) is 6.62. The number of allylic oxidation sites excluding steroid dienone is 1. The first kappa shape index (κ1) is 19.1. The van der Waals surface area contributed by atoms with Crippen molar-refractivity contribution in [2.24, 2.45) is 0 Å². The molecule has 152 valence electrons. The number of aromatic nitrogens is 2. The van der Waals surface area contributed by atoms with E-state index in [2.05, 4.69) is 10.4 Å². The first-order valence-corrected chi connectivity index (χ1v) is 9.06. The minimum Gasteiger partial charge on any atom is -0.416 e. The molecule has 4 rings (SSSR count). The van der Waals surface area contributed by atoms with Gasteiger partial charge in [0.05, 0.1) is 26.8 Å². The van der Waals surface area contributed by atoms with Gasteiger partial charge in [-0.15, -0.1) is 0 Å². The Labute approximate surface area is 170 Å². The zero-order valence-electron chi connectivity index (χ0n) is 16.1. The minimum atomic E-state index is -1.04. The van der Waals surface area contributed by atoms with Crippen LogP contribution in [0.3, 0.4) is 0 Å². The molecular weight excluding hydrogens is 390 g/mol. The number of benzene rings is 2. The second kappa shape index (κ2) is 7.32. The lowest BCUT2D eigenvalue weighted by Crippen LogP contribution is -2.28. The Balaban J connectivity index is 2.04. The molecule has 2 heterocycles. The van der Waals surface area contributed by atoms with Crippen LogP contribution in [0.1, 0.15) is 22.7 Å². The van der Waals surface area contributed by atoms with Gasteiger partial charge in [0.2, 0.25) is 5.88 Å². The van der Waals surface area contributed by atoms with Crippen LogP contribution in [0.5, 0.6) is 5.88 Å². The first-order valence-electron chi connectivity index (χ1n) is 9.06. The number of nitro benzene ring substituents is 1. The van der Waals surface area contributed by atoms with E-state index >= 15 is 0 Å². The third kappa shape index (κ3) is 2.94. The molecular formula is C20H17N5O5. The van der Waals surface area contributed by atoms with Crippen LogP contribution in [0.25, 0.3) is 5.69 Å². The van der Waals surface area contributed by atoms with Gasteiger partial charge in [-0.1, -0.05) is 36.4 Å². The molecule has 0 amide bonds. The predicted molar refractivity (Wildman–Crippen MR) is 107 cm³/mol. The molecule has 10 heteroatoms. The fraction of sp³-hybridized carbons (Fsp3) is 0.150. The molecule has 1 N–H and O–H groups in total. The average Bonchev–Trinajstić information content (AvgIpc) is 3.09. The standard InChI is InChI=1S/C20H17N5O5/c1-12-16-17(14-10-6-7-11-15(14)24(26)27)18(25(28)29)19(21-2)30-20(16)23(22-12)13-8-4-3-5-9-13/h3-11,17,21H,1-2H3. The number of rotatable bonds is 5. The molecule has 2 aromatic carbocycles. The monoisotopic (exact) mass is 407 g/mol. The lowest BCUT2D eigenvalue weighted by Gasteiger charge is -2.24. The Morgan fingerprint density at radius 3 is 2.33 bits per heavy atom. The highest BCUT2D eigenvalue weighted by Gasteiger charge is 2.45. The van der Waals surface area contributed by atoms with E-state index in [0.717, 1.165) is 0 Å². The molecule has 1 unspecified atom stereocenters. The van der Waals surface area contributed by atoms with Crippen LogP contribution < -0.4 is 10.1 Å². The quantitative estimate of drug-likeness (QED) is 0.508. The fourth-order valence-electron chi connectivity index (χ4n) is 3.68. The van der Waals surface area contributed by atoms with E-state index in [1.165, 1.54) is 25.2 Å². The Bertz CT molecular complexity index is 1190. The van der Waals surface area contributed by atoms with E-state index < -0.39 is 15.8 Å². The van der Waals surface area contributed by atoms with Crippen molar-refractivity contribution in [3.63, 3.8) is 0 Å². The summed E-state index contributed by atoms with van der Waals surface area (Å²) in [6.45, 7) is 1.70. The minimum absolute atomic E-state index is 0.0901. The van der Waals surface area contributed by atoms with Crippen LogP contribution in [0, 0.1) is 27.2 Å². The van der Waals surface area contributed by atoms with Gasteiger partial charge in [0.25, 0.3) is 11.6 Å². The molecule has 1 aliphatic heterocycles. The summed E-state index contributed by atoms with van der Waals surface area (Å²) in [5.41, 5.74) is 1.27. The van der Waals surface area contributed by atoms with Crippen molar-refractivity contribution in [2.45, 2.75) is 12.8 Å². The molecule has 0 aliphatic carbocycles. The van der Waals surface area contributed by atoms with Crippen molar-refractivity contribution in [3.8, 4) is 11.6 Å². The number of aryl methyl sites for hydroxylation is 1. The number of nitrogens with one attached hydrogen (secondary N) is 1. The van der Waals surface area contributed by atoms with Crippen LogP contribution in [0.15, 0.2) is 66.2 Å². The topological polar surface area (TPSA) is 125 Å². The van der Waals surface area contributed by atoms with Crippen LogP contribution >= 0.6 is 0 Å². The van der Waals surface area contributed by atoms with Crippen molar-refractivity contribution in [2.75, 3.05) is 7.05 Å². The summed E-state index contributed by atoms with van der Waals surface area (Å²) in [6.07, 6.45) is 0. The third-order valence-corrected chi connectivity index (χ3v) is 4.93. The van der Waals surface area contributed by atoms with Crippen molar-refractivity contribution >= 4 is 5.69 Å². The number of nitro groups is 2. The summed E-state index contributed by atoms with van der Waals surface area (Å²) in [4.78, 5) is 22.6. The summed E-state index contributed by atoms with van der Waals surface area (Å²) in [7, 11) is 1.50. The predicted octanol–water partition coefficient (Wildman–Crippen LogP) is 3.28. The average molecular weight is 407 g/mol. The smallest absolute Gasteiger partial charge is 0.317 e. The van der Waals surface area contributed by atoms with E-state index in [1.54, 1.807) is 17.7 Å². The Kier molecular flexibility index (Phi) is 4.66. The van der Waals surface area contributed by atoms with Gasteiger partial charge in [0, 0.05) is 18.7 Å². The number of hydrogen-bond acceptors (Lipinski definition) is 7. The van der Waals surface area contributed by atoms with Crippen molar-refractivity contribution < 1.29 is 14.6 Å². The van der Waals surface area contributed by atoms with Crippen LogP contribution in [0.4, 0.5) is 5.69 Å². The fourth-order valence-corrected chi connectivity index (χ4v) is 3.68. The molecule has 0 saturated heterocycles. The molecule has 0 radical (unpaired) electrons.